The van der Waals surface area contributed by atoms with Crippen LogP contribution in [0, 0.1) is 13.8 Å². The number of aryl methyl sites for hydroxylation is 3. The zero-order valence-electron chi connectivity index (χ0n) is 16.9. The van der Waals surface area contributed by atoms with Crippen LogP contribution in [0.25, 0.3) is 22.2 Å². The van der Waals surface area contributed by atoms with Crippen molar-refractivity contribution in [2.24, 2.45) is 7.05 Å². The second kappa shape index (κ2) is 7.87. The Morgan fingerprint density at radius 3 is 2.69 bits per heavy atom. The Balaban J connectivity index is 1.57. The minimum Gasteiger partial charge on any atom is -0.352 e. The van der Waals surface area contributed by atoms with Gasteiger partial charge in [-0.2, -0.15) is 10.2 Å². The number of carbonyl (C=O) groups excluding carboxylic acids is 1. The van der Waals surface area contributed by atoms with Crippen LogP contribution in [0.3, 0.4) is 0 Å². The third kappa shape index (κ3) is 3.76. The third-order valence-electron chi connectivity index (χ3n) is 5.23. The summed E-state index contributed by atoms with van der Waals surface area (Å²) >= 11 is 0. The van der Waals surface area contributed by atoms with Gasteiger partial charge in [0.15, 0.2) is 0 Å². The van der Waals surface area contributed by atoms with Gasteiger partial charge in [0.05, 0.1) is 23.0 Å². The molecule has 0 saturated carbocycles. The fourth-order valence-electron chi connectivity index (χ4n) is 3.41. The quantitative estimate of drug-likeness (QED) is 0.514. The molecule has 29 heavy (non-hydrogen) atoms. The molecule has 0 bridgehead atoms. The highest BCUT2D eigenvalue weighted by Gasteiger charge is 2.16. The van der Waals surface area contributed by atoms with E-state index in [0.717, 1.165) is 46.5 Å². The third-order valence-corrected chi connectivity index (χ3v) is 5.23. The number of carbonyl (C=O) groups is 1. The molecule has 0 unspecified atom stereocenters. The molecular formula is C22H24N6O. The molecule has 0 radical (unpaired) electrons. The van der Waals surface area contributed by atoms with Crippen LogP contribution in [0.1, 0.15) is 28.2 Å². The molecule has 0 saturated heterocycles. The van der Waals surface area contributed by atoms with Crippen LogP contribution in [-0.4, -0.2) is 37.0 Å². The largest absolute Gasteiger partial charge is 0.352 e. The van der Waals surface area contributed by atoms with Crippen LogP contribution in [0.4, 0.5) is 0 Å². The maximum atomic E-state index is 13.0. The number of pyridine rings is 1. The Bertz CT molecular complexity index is 1170. The second-order valence-corrected chi connectivity index (χ2v) is 7.14. The Labute approximate surface area is 169 Å². The molecule has 0 aliphatic heterocycles. The maximum Gasteiger partial charge on any atom is 0.252 e. The summed E-state index contributed by atoms with van der Waals surface area (Å²) < 4.78 is 3.75. The predicted octanol–water partition coefficient (Wildman–Crippen LogP) is 3.27. The van der Waals surface area contributed by atoms with E-state index in [0.29, 0.717) is 12.1 Å². The number of nitrogens with zero attached hydrogens (tertiary/aromatic N) is 5. The Morgan fingerprint density at radius 1 is 1.14 bits per heavy atom. The van der Waals surface area contributed by atoms with Crippen LogP contribution in [0.5, 0.6) is 0 Å². The van der Waals surface area contributed by atoms with Crippen molar-refractivity contribution in [2.45, 2.75) is 26.8 Å². The predicted molar refractivity (Wildman–Crippen MR) is 113 cm³/mol. The van der Waals surface area contributed by atoms with E-state index in [1.165, 1.54) is 0 Å². The van der Waals surface area contributed by atoms with E-state index in [4.69, 9.17) is 4.98 Å². The van der Waals surface area contributed by atoms with Crippen molar-refractivity contribution in [3.63, 3.8) is 0 Å². The highest BCUT2D eigenvalue weighted by Crippen LogP contribution is 2.26. The number of amides is 1. The van der Waals surface area contributed by atoms with Crippen molar-refractivity contribution < 1.29 is 4.79 Å². The van der Waals surface area contributed by atoms with Gasteiger partial charge in [0.2, 0.25) is 0 Å². The Morgan fingerprint density at radius 2 is 1.97 bits per heavy atom. The molecule has 0 atom stereocenters. The van der Waals surface area contributed by atoms with Gasteiger partial charge in [-0.3, -0.25) is 14.2 Å². The van der Waals surface area contributed by atoms with E-state index in [1.807, 2.05) is 66.7 Å². The normalized spacial score (nSPS) is 11.1. The molecule has 1 aromatic carbocycles. The van der Waals surface area contributed by atoms with E-state index < -0.39 is 0 Å². The molecule has 3 heterocycles. The van der Waals surface area contributed by atoms with Crippen molar-refractivity contribution in [3.05, 3.63) is 65.7 Å². The van der Waals surface area contributed by atoms with E-state index in [1.54, 1.807) is 12.4 Å². The molecule has 1 amide bonds. The molecule has 7 heteroatoms. The number of para-hydroxylation sites is 1. The molecule has 0 aliphatic carbocycles. The van der Waals surface area contributed by atoms with Crippen molar-refractivity contribution in [3.8, 4) is 11.3 Å². The first-order valence-corrected chi connectivity index (χ1v) is 9.70. The molecule has 0 aliphatic rings. The molecule has 7 nitrogen and oxygen atoms in total. The second-order valence-electron chi connectivity index (χ2n) is 7.14. The highest BCUT2D eigenvalue weighted by atomic mass is 16.1. The maximum absolute atomic E-state index is 13.0. The SMILES string of the molecule is Cc1c(-c2cc(C(=O)NCCCn3nccc3C)c3ccccc3n2)cnn1C. The minimum absolute atomic E-state index is 0.0939. The summed E-state index contributed by atoms with van der Waals surface area (Å²) in [4.78, 5) is 17.7. The fourth-order valence-corrected chi connectivity index (χ4v) is 3.41. The first kappa shape index (κ1) is 18.9. The van der Waals surface area contributed by atoms with E-state index in [-0.39, 0.29) is 5.91 Å². The van der Waals surface area contributed by atoms with Crippen molar-refractivity contribution in [1.29, 1.82) is 0 Å². The average molecular weight is 388 g/mol. The lowest BCUT2D eigenvalue weighted by atomic mass is 10.0. The Hall–Kier alpha value is -3.48. The standard InChI is InChI=1S/C22H24N6O/c1-15-9-11-24-28(15)12-6-10-23-22(29)18-13-21(19-14-25-27(3)16(19)2)26-20-8-5-4-7-17(18)20/h4-5,7-9,11,13-14H,6,10,12H2,1-3H3,(H,23,29). The summed E-state index contributed by atoms with van der Waals surface area (Å²) in [5.41, 5.74) is 5.24. The average Bonchev–Trinajstić information content (AvgIpc) is 3.29. The highest BCUT2D eigenvalue weighted by molar-refractivity contribution is 6.07. The van der Waals surface area contributed by atoms with E-state index in [2.05, 4.69) is 15.5 Å². The number of benzene rings is 1. The smallest absolute Gasteiger partial charge is 0.252 e. The lowest BCUT2D eigenvalue weighted by molar-refractivity contribution is 0.0954. The van der Waals surface area contributed by atoms with Gasteiger partial charge < -0.3 is 5.32 Å². The first-order chi connectivity index (χ1) is 14.0. The fraction of sp³-hybridized carbons (Fsp3) is 0.273. The molecule has 4 aromatic rings. The number of rotatable bonds is 6. The van der Waals surface area contributed by atoms with E-state index >= 15 is 0 Å². The molecule has 148 valence electrons. The molecule has 0 fully saturated rings. The molecule has 3 aromatic heterocycles. The number of nitrogens with one attached hydrogen (secondary N) is 1. The summed E-state index contributed by atoms with van der Waals surface area (Å²) in [6.07, 6.45) is 4.39. The van der Waals surface area contributed by atoms with Crippen LogP contribution in [0.15, 0.2) is 48.8 Å². The zero-order valence-corrected chi connectivity index (χ0v) is 16.9. The monoisotopic (exact) mass is 388 g/mol. The topological polar surface area (TPSA) is 77.6 Å². The molecule has 4 rings (SSSR count). The molecule has 1 N–H and O–H groups in total. The van der Waals surface area contributed by atoms with Crippen LogP contribution >= 0.6 is 0 Å². The molecule has 0 spiro atoms. The number of aromatic nitrogens is 5. The summed E-state index contributed by atoms with van der Waals surface area (Å²) in [7, 11) is 1.90. The minimum atomic E-state index is -0.0939. The van der Waals surface area contributed by atoms with Gasteiger partial charge in [-0.15, -0.1) is 0 Å². The van der Waals surface area contributed by atoms with Crippen LogP contribution < -0.4 is 5.32 Å². The van der Waals surface area contributed by atoms with Gasteiger partial charge in [-0.25, -0.2) is 4.98 Å². The summed E-state index contributed by atoms with van der Waals surface area (Å²) in [5, 5.41) is 12.5. The number of hydrogen-bond acceptors (Lipinski definition) is 4. The lowest BCUT2D eigenvalue weighted by Crippen LogP contribution is -2.26. The van der Waals surface area contributed by atoms with Crippen molar-refractivity contribution in [1.82, 2.24) is 29.9 Å². The summed E-state index contributed by atoms with van der Waals surface area (Å²) in [6.45, 7) is 5.37. The zero-order chi connectivity index (χ0) is 20.4. The van der Waals surface area contributed by atoms with Crippen LogP contribution in [0.2, 0.25) is 0 Å². The van der Waals surface area contributed by atoms with Gasteiger partial charge in [0, 0.05) is 48.7 Å². The van der Waals surface area contributed by atoms with Gasteiger partial charge in [-0.1, -0.05) is 18.2 Å². The van der Waals surface area contributed by atoms with Gasteiger partial charge in [0.1, 0.15) is 0 Å². The van der Waals surface area contributed by atoms with Crippen LogP contribution in [-0.2, 0) is 13.6 Å². The molecular weight excluding hydrogens is 364 g/mol. The number of hydrogen-bond donors (Lipinski definition) is 1. The van der Waals surface area contributed by atoms with Crippen molar-refractivity contribution >= 4 is 16.8 Å². The summed E-state index contributed by atoms with van der Waals surface area (Å²) in [6, 6.07) is 11.6. The first-order valence-electron chi connectivity index (χ1n) is 9.70. The summed E-state index contributed by atoms with van der Waals surface area (Å²) in [5.74, 6) is -0.0939. The van der Waals surface area contributed by atoms with Crippen molar-refractivity contribution in [2.75, 3.05) is 6.54 Å². The van der Waals surface area contributed by atoms with E-state index in [9.17, 15) is 4.79 Å². The lowest BCUT2D eigenvalue weighted by Gasteiger charge is -2.11. The Kier molecular flexibility index (Phi) is 5.12. The number of fused-ring (bicyclic) bond motifs is 1. The van der Waals surface area contributed by atoms with Gasteiger partial charge >= 0.3 is 0 Å². The van der Waals surface area contributed by atoms with Gasteiger partial charge in [0.25, 0.3) is 5.91 Å². The van der Waals surface area contributed by atoms with Gasteiger partial charge in [-0.05, 0) is 38.5 Å².